The second kappa shape index (κ2) is 43.8. The average Bonchev–Trinajstić information content (AvgIpc) is 0.714. The van der Waals surface area contributed by atoms with Crippen molar-refractivity contribution < 1.29 is 237 Å². The van der Waals surface area contributed by atoms with Gasteiger partial charge in [0, 0.05) is 11.8 Å². The van der Waals surface area contributed by atoms with Crippen LogP contribution in [0.5, 0.6) is 0 Å². The van der Waals surface area contributed by atoms with Gasteiger partial charge in [-0.15, -0.1) is 6.58 Å². The zero-order valence-electron chi connectivity index (χ0n) is 79.9. The fourth-order valence-corrected chi connectivity index (χ4v) is 24.5. The minimum absolute atomic E-state index is 0.00737. The van der Waals surface area contributed by atoms with Crippen molar-refractivity contribution in [1.29, 1.82) is 0 Å². The van der Waals surface area contributed by atoms with Gasteiger partial charge in [-0.25, -0.2) is 4.79 Å². The summed E-state index contributed by atoms with van der Waals surface area (Å²) in [6.07, 6.45) is -75.9. The van der Waals surface area contributed by atoms with Crippen molar-refractivity contribution in [2.45, 2.75) is 428 Å². The van der Waals surface area contributed by atoms with Gasteiger partial charge in [0.2, 0.25) is 6.29 Å². The van der Waals surface area contributed by atoms with Crippen molar-refractivity contribution in [1.82, 2.24) is 0 Å². The highest BCUT2D eigenvalue weighted by Gasteiger charge is 2.74. The van der Waals surface area contributed by atoms with Gasteiger partial charge >= 0.3 is 11.9 Å². The monoisotopic (exact) mass is 2020 g/mol. The SMILES string of the molecule is C=C[C@](C)(CC/C=C(\CO)C(=O)O[C@H]1C[C@]2(C(=O)O[C@@H]3O[C@H](CO)[C@@H](O)[C@H](O)[C@H]3O[C@@H]3O[C@@H](C)[C@H](O[C@@H]4O[C@@H](CO)[C@H](O)[C@H]4O)[C@@H](O[C@@H]4O[C@H](CO)[C@@H](O)[C@H](O)[C@H]4O)[C@H]3O)[C@@H](O)C[C@]3(C)C(=CC[C@@H]4[C@@]5(C)CC[C@H](O[C@@H]6O[C@H](CO[C@@H]7O[C@H](C)[C@H](O)[C@H](O)[C@H]7O[C@@H]7OC[C@@H](O)[C@H](O)[C@H]7O)[C@@H](O)[C@H](O)[C@H]6O[C@@H]6O[C@H](CO)[C@@H](O)[C@H](O)[C@H]6O)C(C)(C)[C@@H]5CC[C@]43C)[C@@H]2CC1(C)C)O[C@@H]1O[C@H](C)[C@@H](O)[C@H](O)[C@H]1O. The van der Waals surface area contributed by atoms with Crippen molar-refractivity contribution in [3.63, 3.8) is 0 Å². The molecule has 0 aromatic carbocycles. The maximum absolute atomic E-state index is 16.8. The second-order valence-corrected chi connectivity index (χ2v) is 42.8. The second-order valence-electron chi connectivity index (χ2n) is 42.8. The highest BCUT2D eigenvalue weighted by Crippen LogP contribution is 2.76. The van der Waals surface area contributed by atoms with Crippen LogP contribution in [0, 0.1) is 50.2 Å². The van der Waals surface area contributed by atoms with Crippen LogP contribution in [0.15, 0.2) is 36.0 Å². The number of esters is 2. The zero-order chi connectivity index (χ0) is 103. The van der Waals surface area contributed by atoms with Gasteiger partial charge in [-0.2, -0.15) is 0 Å². The van der Waals surface area contributed by atoms with Crippen LogP contribution in [0.1, 0.15) is 140 Å². The zero-order valence-corrected chi connectivity index (χ0v) is 79.9. The third-order valence-electron chi connectivity index (χ3n) is 33.6. The summed E-state index contributed by atoms with van der Waals surface area (Å²) < 4.78 is 116. The number of fused-ring (bicyclic) bond motifs is 7. The fourth-order valence-electron chi connectivity index (χ4n) is 24.5. The van der Waals surface area contributed by atoms with Gasteiger partial charge in [-0.05, 0) is 125 Å². The van der Waals surface area contributed by atoms with E-state index in [4.69, 9.17) is 90.0 Å². The summed E-state index contributed by atoms with van der Waals surface area (Å²) in [5.74, 6) is -4.00. The first kappa shape index (κ1) is 112. The molecule has 0 aromatic rings. The summed E-state index contributed by atoms with van der Waals surface area (Å²) in [5, 5.41) is 302. The van der Waals surface area contributed by atoms with Crippen LogP contribution < -0.4 is 0 Å². The molecule has 0 amide bonds. The molecule has 13 fully saturated rings. The molecule has 14 aliphatic rings. The number of ether oxygens (including phenoxy) is 19. The summed E-state index contributed by atoms with van der Waals surface area (Å²) in [6.45, 7) is 17.7. The Labute approximate surface area is 807 Å². The number of carbonyl (C=O) groups is 2. The third-order valence-corrected chi connectivity index (χ3v) is 33.6. The lowest BCUT2D eigenvalue weighted by Crippen LogP contribution is -2.70. The van der Waals surface area contributed by atoms with Crippen molar-refractivity contribution in [2.75, 3.05) is 46.2 Å². The van der Waals surface area contributed by atoms with E-state index >= 15 is 9.59 Å². The van der Waals surface area contributed by atoms with Crippen LogP contribution in [0.4, 0.5) is 0 Å². The average molecular weight is 2020 g/mol. The van der Waals surface area contributed by atoms with E-state index in [2.05, 4.69) is 26.5 Å². The largest absolute Gasteiger partial charge is 0.458 e. The van der Waals surface area contributed by atoms with Crippen LogP contribution in [0.25, 0.3) is 0 Å². The number of rotatable bonds is 30. The number of aliphatic hydroxyl groups is 27. The minimum atomic E-state index is -2.30. The van der Waals surface area contributed by atoms with E-state index in [-0.39, 0.29) is 49.5 Å². The molecule has 9 saturated heterocycles. The lowest BCUT2D eigenvalue weighted by Gasteiger charge is -2.72. The summed E-state index contributed by atoms with van der Waals surface area (Å²) in [6, 6.07) is 0. The Morgan fingerprint density at radius 3 is 1.47 bits per heavy atom. The highest BCUT2D eigenvalue weighted by atomic mass is 16.8. The number of hydrogen-bond acceptors (Lipinski definition) is 48. The van der Waals surface area contributed by atoms with Crippen molar-refractivity contribution in [3.05, 3.63) is 36.0 Å². The first-order valence-corrected chi connectivity index (χ1v) is 48.3. The van der Waals surface area contributed by atoms with E-state index in [1.54, 1.807) is 20.8 Å². The molecule has 9 heterocycles. The van der Waals surface area contributed by atoms with Crippen LogP contribution >= 0.6 is 0 Å². The maximum Gasteiger partial charge on any atom is 0.336 e. The summed E-state index contributed by atoms with van der Waals surface area (Å²) in [7, 11) is 0. The molecular formula is C92H148O48. The standard InChI is InChI=1S/C92H148O48/c1-13-88(9,140-81-68(118)58(108)50(100)33(2)124-81)20-14-15-36(26-93)75(120)132-49-25-92(85(121)139-84-74(62(112)55(105)42(29-96)130-84)138-80-69(119)71(135-78-66(116)59(109)53(103)40(27-94)127-78)70(35(4)126-80)134-77-65(115)56(106)43(30-97)129-77)38(23-86(49,5)6)37-16-17-46-89(10)21-19-48(87(7,8)45(89)18-22-90(46,11)91(37,12)24-47(92)99)133-83-73(137-79-67(117)60(110)54(104)41(28-95)128-79)63(113)57(107)44(131-83)32-123-82-72(61(111)51(101)34(3)125-82)136-76-64(114)52(102)39(98)31-122-76/h13,15-16,33-35,38-74,76-84,93-119H,1,14,17-32H2,2-12H3/b36-15+/t33-,34-,35+,38+,39-,40-,41-,42-,43+,44-,45+,46-,47+,48+,49+,50-,51+,52+,53-,54-,55-,56+,57-,58+,59+,60+,61+,62+,63+,64-,65-,66-,67-,68-,69-,70+,71+,72-,73-,74-,76+,77+,78+,79+,80+,81+,82-,83+,84+,88-,89+,90-,91-,92-/m1/s1. The molecule has 0 bridgehead atoms. The van der Waals surface area contributed by atoms with Crippen molar-refractivity contribution >= 4 is 11.9 Å². The third kappa shape index (κ3) is 20.6. The topological polar surface area (TPSA) is 756 Å². The Balaban J connectivity index is 0.772. The number of aliphatic hydroxyl groups excluding tert-OH is 27. The van der Waals surface area contributed by atoms with Gasteiger partial charge in [0.25, 0.3) is 0 Å². The molecule has 0 aromatic heterocycles. The Kier molecular flexibility index (Phi) is 35.0. The molecule has 4 saturated carbocycles. The highest BCUT2D eigenvalue weighted by molar-refractivity contribution is 5.89. The molecule has 140 heavy (non-hydrogen) atoms. The minimum Gasteiger partial charge on any atom is -0.458 e. The summed E-state index contributed by atoms with van der Waals surface area (Å²) >= 11 is 0. The number of hydrogen-bond donors (Lipinski definition) is 27. The molecule has 27 N–H and O–H groups in total. The number of allylic oxidation sites excluding steroid dienone is 3. The van der Waals surface area contributed by atoms with E-state index in [9.17, 15) is 138 Å². The maximum atomic E-state index is 16.8. The lowest BCUT2D eigenvalue weighted by atomic mass is 9.33. The Hall–Kier alpha value is -3.60. The fraction of sp³-hybridized carbons (Fsp3) is 0.913. The Bertz CT molecular complexity index is 4190. The molecule has 48 nitrogen and oxygen atoms in total. The van der Waals surface area contributed by atoms with E-state index in [1.165, 1.54) is 32.9 Å². The van der Waals surface area contributed by atoms with Gasteiger partial charge in [0.15, 0.2) is 56.4 Å². The van der Waals surface area contributed by atoms with Crippen LogP contribution in [0.3, 0.4) is 0 Å². The van der Waals surface area contributed by atoms with Gasteiger partial charge in [-0.3, -0.25) is 4.79 Å². The number of carbonyl (C=O) groups excluding carboxylic acids is 2. The van der Waals surface area contributed by atoms with Gasteiger partial charge < -0.3 is 228 Å². The Morgan fingerprint density at radius 2 is 0.900 bits per heavy atom. The molecule has 0 spiro atoms. The quantitative estimate of drug-likeness (QED) is 0.0137. The molecule has 0 radical (unpaired) electrons. The van der Waals surface area contributed by atoms with Gasteiger partial charge in [0.05, 0.1) is 87.9 Å². The van der Waals surface area contributed by atoms with E-state index in [0.29, 0.717) is 31.3 Å². The van der Waals surface area contributed by atoms with Crippen molar-refractivity contribution in [3.8, 4) is 0 Å². The lowest BCUT2D eigenvalue weighted by molar-refractivity contribution is -0.390. The predicted octanol–water partition coefficient (Wildman–Crippen LogP) is -9.42. The molecule has 0 unspecified atom stereocenters. The predicted molar refractivity (Wildman–Crippen MR) is 462 cm³/mol. The van der Waals surface area contributed by atoms with Crippen LogP contribution in [0.2, 0.25) is 0 Å². The summed E-state index contributed by atoms with van der Waals surface area (Å²) in [4.78, 5) is 31.8. The van der Waals surface area contributed by atoms with Gasteiger partial charge in [-0.1, -0.05) is 72.3 Å². The molecular weight excluding hydrogens is 1870 g/mol. The molecule has 804 valence electrons. The van der Waals surface area contributed by atoms with E-state index in [0.717, 1.165) is 0 Å². The van der Waals surface area contributed by atoms with Gasteiger partial charge in [0.1, 0.15) is 195 Å². The van der Waals surface area contributed by atoms with Crippen molar-refractivity contribution in [2.24, 2.45) is 50.2 Å². The Morgan fingerprint density at radius 1 is 0.443 bits per heavy atom. The molecule has 9 aliphatic heterocycles. The van der Waals surface area contributed by atoms with Crippen LogP contribution in [-0.2, 0) is 99.6 Å². The first-order chi connectivity index (χ1) is 65.7. The summed E-state index contributed by atoms with van der Waals surface area (Å²) in [5.41, 5.74) is -7.86. The smallest absolute Gasteiger partial charge is 0.336 e. The molecule has 14 rings (SSSR count). The molecule has 48 heteroatoms. The van der Waals surface area contributed by atoms with E-state index < -0.39 is 391 Å². The van der Waals surface area contributed by atoms with E-state index in [1.807, 2.05) is 20.8 Å². The normalized spacial score (nSPS) is 51.8. The molecule has 54 atom stereocenters. The van der Waals surface area contributed by atoms with Crippen LogP contribution in [-0.4, -0.2) is 484 Å². The molecule has 5 aliphatic carbocycles. The first-order valence-electron chi connectivity index (χ1n) is 48.3.